The normalized spacial score (nSPS) is 13.9. The van der Waals surface area contributed by atoms with Gasteiger partial charge in [0.15, 0.2) is 5.82 Å². The highest BCUT2D eigenvalue weighted by atomic mass is 79.9. The summed E-state index contributed by atoms with van der Waals surface area (Å²) in [5.41, 5.74) is 2.50. The van der Waals surface area contributed by atoms with Gasteiger partial charge in [-0.15, -0.1) is 0 Å². The highest BCUT2D eigenvalue weighted by molar-refractivity contribution is 9.10. The fourth-order valence-corrected chi connectivity index (χ4v) is 3.20. The first-order chi connectivity index (χ1) is 10.1. The number of carbonyl (C=O) groups is 1. The third-order valence-corrected chi connectivity index (χ3v) is 4.47. The van der Waals surface area contributed by atoms with Crippen LogP contribution in [-0.2, 0) is 6.42 Å². The minimum Gasteiger partial charge on any atom is -0.478 e. The lowest BCUT2D eigenvalue weighted by molar-refractivity contribution is 0.0695. The van der Waals surface area contributed by atoms with E-state index in [1.165, 1.54) is 17.7 Å². The Morgan fingerprint density at radius 2 is 1.95 bits per heavy atom. The number of rotatable bonds is 2. The van der Waals surface area contributed by atoms with Crippen molar-refractivity contribution in [2.75, 3.05) is 11.4 Å². The van der Waals surface area contributed by atoms with E-state index in [2.05, 4.69) is 15.9 Å². The first-order valence-electron chi connectivity index (χ1n) is 6.66. The lowest BCUT2D eigenvalue weighted by Crippen LogP contribution is -2.25. The fourth-order valence-electron chi connectivity index (χ4n) is 2.70. The summed E-state index contributed by atoms with van der Waals surface area (Å²) in [5, 5.41) is 9.04. The molecule has 0 atom stereocenters. The quantitative estimate of drug-likeness (QED) is 0.874. The highest BCUT2D eigenvalue weighted by Gasteiger charge is 2.23. The second-order valence-electron chi connectivity index (χ2n) is 4.95. The van der Waals surface area contributed by atoms with E-state index >= 15 is 0 Å². The van der Waals surface area contributed by atoms with Gasteiger partial charge in [-0.2, -0.15) is 0 Å². The molecule has 0 unspecified atom stereocenters. The van der Waals surface area contributed by atoms with E-state index in [-0.39, 0.29) is 10.0 Å². The summed E-state index contributed by atoms with van der Waals surface area (Å²) >= 11 is 3.06. The fraction of sp³-hybridized carbons (Fsp3) is 0.188. The van der Waals surface area contributed by atoms with Gasteiger partial charge < -0.3 is 10.0 Å². The van der Waals surface area contributed by atoms with E-state index in [1.807, 2.05) is 29.2 Å². The Balaban J connectivity index is 2.11. The Bertz CT molecular complexity index is 717. The summed E-state index contributed by atoms with van der Waals surface area (Å²) < 4.78 is 14.5. The molecule has 21 heavy (non-hydrogen) atoms. The molecule has 0 spiro atoms. The van der Waals surface area contributed by atoms with Gasteiger partial charge in [0.1, 0.15) is 0 Å². The van der Waals surface area contributed by atoms with Crippen LogP contribution in [0.1, 0.15) is 22.3 Å². The van der Waals surface area contributed by atoms with E-state index in [0.717, 1.165) is 18.5 Å². The van der Waals surface area contributed by atoms with Gasteiger partial charge in [0.2, 0.25) is 0 Å². The van der Waals surface area contributed by atoms with Gasteiger partial charge in [-0.05, 0) is 52.5 Å². The Hall–Kier alpha value is -1.88. The molecule has 0 bridgehead atoms. The summed E-state index contributed by atoms with van der Waals surface area (Å²) in [6, 6.07) is 10.9. The van der Waals surface area contributed by atoms with Crippen LogP contribution in [0, 0.1) is 5.82 Å². The highest BCUT2D eigenvalue weighted by Crippen LogP contribution is 2.37. The molecule has 0 aromatic heterocycles. The number of carboxylic acid groups (broad SMARTS) is 1. The number of fused-ring (bicyclic) bond motifs is 1. The zero-order valence-electron chi connectivity index (χ0n) is 11.1. The van der Waals surface area contributed by atoms with Crippen molar-refractivity contribution in [3.05, 3.63) is 57.8 Å². The molecule has 3 rings (SSSR count). The topological polar surface area (TPSA) is 40.5 Å². The summed E-state index contributed by atoms with van der Waals surface area (Å²) in [5.74, 6) is -1.68. The third kappa shape index (κ3) is 2.42. The van der Waals surface area contributed by atoms with Crippen molar-refractivity contribution < 1.29 is 14.3 Å². The lowest BCUT2D eigenvalue weighted by Gasteiger charge is -2.31. The summed E-state index contributed by atoms with van der Waals surface area (Å²) in [4.78, 5) is 13.0. The molecule has 108 valence electrons. The van der Waals surface area contributed by atoms with E-state index in [4.69, 9.17) is 5.11 Å². The molecule has 5 heteroatoms. The van der Waals surface area contributed by atoms with Gasteiger partial charge >= 0.3 is 5.97 Å². The van der Waals surface area contributed by atoms with Crippen LogP contribution in [-0.4, -0.2) is 17.6 Å². The predicted octanol–water partition coefficient (Wildman–Crippen LogP) is 4.37. The molecular formula is C16H13BrFNO2. The van der Waals surface area contributed by atoms with E-state index in [1.54, 1.807) is 0 Å². The number of anilines is 2. The van der Waals surface area contributed by atoms with Crippen molar-refractivity contribution in [1.82, 2.24) is 0 Å². The van der Waals surface area contributed by atoms with Crippen LogP contribution in [0.3, 0.4) is 0 Å². The number of aromatic carboxylic acids is 1. The zero-order chi connectivity index (χ0) is 15.0. The maximum Gasteiger partial charge on any atom is 0.336 e. The maximum absolute atomic E-state index is 14.5. The first-order valence-corrected chi connectivity index (χ1v) is 7.45. The van der Waals surface area contributed by atoms with Crippen molar-refractivity contribution in [2.24, 2.45) is 0 Å². The molecule has 0 saturated heterocycles. The predicted molar refractivity (Wildman–Crippen MR) is 82.8 cm³/mol. The molecule has 0 radical (unpaired) electrons. The minimum absolute atomic E-state index is 0.00412. The van der Waals surface area contributed by atoms with Crippen molar-refractivity contribution >= 4 is 33.3 Å². The van der Waals surface area contributed by atoms with E-state index in [0.29, 0.717) is 12.2 Å². The van der Waals surface area contributed by atoms with Crippen LogP contribution in [0.4, 0.5) is 15.8 Å². The Labute approximate surface area is 130 Å². The molecular weight excluding hydrogens is 337 g/mol. The Morgan fingerprint density at radius 1 is 1.19 bits per heavy atom. The number of para-hydroxylation sites is 1. The van der Waals surface area contributed by atoms with Gasteiger partial charge in [-0.3, -0.25) is 0 Å². The Morgan fingerprint density at radius 3 is 2.71 bits per heavy atom. The van der Waals surface area contributed by atoms with Gasteiger partial charge in [0, 0.05) is 12.2 Å². The number of nitrogens with zero attached hydrogens (tertiary/aromatic N) is 1. The summed E-state index contributed by atoms with van der Waals surface area (Å²) in [6.07, 6.45) is 1.91. The van der Waals surface area contributed by atoms with Gasteiger partial charge in [0.05, 0.1) is 15.7 Å². The van der Waals surface area contributed by atoms with Crippen LogP contribution in [0.2, 0.25) is 0 Å². The first kappa shape index (κ1) is 14.1. The molecule has 2 aromatic rings. The van der Waals surface area contributed by atoms with Crippen LogP contribution < -0.4 is 4.90 Å². The van der Waals surface area contributed by atoms with Crippen LogP contribution >= 0.6 is 15.9 Å². The second-order valence-corrected chi connectivity index (χ2v) is 5.74. The van der Waals surface area contributed by atoms with Crippen LogP contribution in [0.15, 0.2) is 40.9 Å². The molecule has 2 aromatic carbocycles. The minimum atomic E-state index is -1.15. The average molecular weight is 350 g/mol. The molecule has 0 aliphatic carbocycles. The van der Waals surface area contributed by atoms with Crippen molar-refractivity contribution in [3.63, 3.8) is 0 Å². The summed E-state index contributed by atoms with van der Waals surface area (Å²) in [6.45, 7) is 0.715. The number of hydrogen-bond donors (Lipinski definition) is 1. The van der Waals surface area contributed by atoms with Crippen molar-refractivity contribution in [2.45, 2.75) is 12.8 Å². The standard InChI is InChI=1S/C16H13BrFNO2/c17-14-11(16(20)21)7-8-13(15(14)18)19-9-3-5-10-4-1-2-6-12(10)19/h1-2,4,6-8H,3,5,9H2,(H,20,21). The molecule has 1 aliphatic heterocycles. The Kier molecular flexibility index (Phi) is 3.68. The molecule has 1 aliphatic rings. The molecule has 0 fully saturated rings. The largest absolute Gasteiger partial charge is 0.478 e. The number of aryl methyl sites for hydroxylation is 1. The third-order valence-electron chi connectivity index (χ3n) is 3.69. The van der Waals surface area contributed by atoms with E-state index in [9.17, 15) is 9.18 Å². The SMILES string of the molecule is O=C(O)c1ccc(N2CCCc3ccccc32)c(F)c1Br. The van der Waals surface area contributed by atoms with Crippen LogP contribution in [0.5, 0.6) is 0 Å². The lowest BCUT2D eigenvalue weighted by atomic mass is 10.0. The van der Waals surface area contributed by atoms with Gasteiger partial charge in [0.25, 0.3) is 0 Å². The van der Waals surface area contributed by atoms with E-state index < -0.39 is 11.8 Å². The number of carboxylic acids is 1. The van der Waals surface area contributed by atoms with Gasteiger partial charge in [-0.1, -0.05) is 18.2 Å². The monoisotopic (exact) mass is 349 g/mol. The van der Waals surface area contributed by atoms with Crippen molar-refractivity contribution in [1.29, 1.82) is 0 Å². The zero-order valence-corrected chi connectivity index (χ0v) is 12.7. The molecule has 0 amide bonds. The summed E-state index contributed by atoms with van der Waals surface area (Å²) in [7, 11) is 0. The second kappa shape index (κ2) is 5.48. The maximum atomic E-state index is 14.5. The molecule has 0 saturated carbocycles. The van der Waals surface area contributed by atoms with Crippen LogP contribution in [0.25, 0.3) is 0 Å². The smallest absolute Gasteiger partial charge is 0.336 e. The van der Waals surface area contributed by atoms with Gasteiger partial charge in [-0.25, -0.2) is 9.18 Å². The van der Waals surface area contributed by atoms with Crippen molar-refractivity contribution in [3.8, 4) is 0 Å². The average Bonchev–Trinajstić information content (AvgIpc) is 2.49. The number of hydrogen-bond acceptors (Lipinski definition) is 2. The number of benzene rings is 2. The molecule has 3 nitrogen and oxygen atoms in total. The molecule has 1 N–H and O–H groups in total. The molecule has 1 heterocycles. The number of halogens is 2.